The first-order valence-electron chi connectivity index (χ1n) is 2.58. The summed E-state index contributed by atoms with van der Waals surface area (Å²) in [7, 11) is 0. The van der Waals surface area contributed by atoms with Crippen LogP contribution in [0, 0.1) is 31.1 Å². The van der Waals surface area contributed by atoms with Crippen molar-refractivity contribution >= 4 is 11.3 Å². The molecule has 1 aromatic rings. The van der Waals surface area contributed by atoms with Crippen LogP contribution in [0.4, 0.5) is 0 Å². The number of hydrogen-bond donors (Lipinski definition) is 0. The lowest BCUT2D eigenvalue weighted by Gasteiger charge is -1.78. The normalized spacial score (nSPS) is 8.20. The van der Waals surface area contributed by atoms with Gasteiger partial charge in [-0.05, 0) is 5.92 Å². The molecule has 0 atom stereocenters. The van der Waals surface area contributed by atoms with Crippen molar-refractivity contribution in [3.05, 3.63) is 22.5 Å². The van der Waals surface area contributed by atoms with Crippen molar-refractivity contribution in [1.82, 2.24) is 4.98 Å². The Morgan fingerprint density at radius 3 is 2.90 bits per heavy atom. The number of nitrogens with zero attached hydrogens (tertiary/aromatic N) is 1. The van der Waals surface area contributed by atoms with Crippen LogP contribution in [-0.4, -0.2) is 4.98 Å². The summed E-state index contributed by atoms with van der Waals surface area (Å²) in [5.41, 5.74) is 0.764. The zero-order chi connectivity index (χ0) is 7.40. The average Bonchev–Trinajstić information content (AvgIpc) is 2.37. The Hall–Kier alpha value is -1.25. The van der Waals surface area contributed by atoms with Gasteiger partial charge in [-0.1, -0.05) is 5.92 Å². The summed E-state index contributed by atoms with van der Waals surface area (Å²) in [5, 5.41) is 2.50. The summed E-state index contributed by atoms with van der Waals surface area (Å²) in [6.45, 7) is 0. The zero-order valence-corrected chi connectivity index (χ0v) is 5.98. The van der Waals surface area contributed by atoms with Gasteiger partial charge in [-0.25, -0.2) is 4.98 Å². The molecule has 0 saturated heterocycles. The molecule has 1 radical (unpaired) electrons. The van der Waals surface area contributed by atoms with Crippen molar-refractivity contribution in [2.24, 2.45) is 0 Å². The summed E-state index contributed by atoms with van der Waals surface area (Å²) in [4.78, 5) is 4.00. The van der Waals surface area contributed by atoms with Crippen LogP contribution in [0.25, 0.3) is 0 Å². The van der Waals surface area contributed by atoms with E-state index >= 15 is 0 Å². The number of rotatable bonds is 1. The largest absolute Gasteiger partial charge is 0.231 e. The molecular weight excluding hydrogens is 142 g/mol. The minimum Gasteiger partial charge on any atom is -0.231 e. The first kappa shape index (κ1) is 6.86. The van der Waals surface area contributed by atoms with E-state index in [0.717, 1.165) is 5.69 Å². The van der Waals surface area contributed by atoms with Crippen molar-refractivity contribution in [3.63, 3.8) is 0 Å². The van der Waals surface area contributed by atoms with Gasteiger partial charge in [-0.3, -0.25) is 0 Å². The van der Waals surface area contributed by atoms with Crippen LogP contribution >= 0.6 is 11.3 Å². The van der Waals surface area contributed by atoms with Gasteiger partial charge in [-0.2, -0.15) is 0 Å². The molecule has 1 heterocycles. The van der Waals surface area contributed by atoms with E-state index in [2.05, 4.69) is 16.8 Å². The maximum Gasteiger partial charge on any atom is 0.166 e. The molecule has 10 heavy (non-hydrogen) atoms. The molecule has 0 aliphatic carbocycles. The maximum absolute atomic E-state index is 5.09. The van der Waals surface area contributed by atoms with Crippen LogP contribution in [0.3, 0.4) is 0 Å². The van der Waals surface area contributed by atoms with Gasteiger partial charge < -0.3 is 0 Å². The van der Waals surface area contributed by atoms with Crippen LogP contribution in [0.2, 0.25) is 0 Å². The third-order valence-electron chi connectivity index (χ3n) is 0.877. The fourth-order valence-electron chi connectivity index (χ4n) is 0.504. The van der Waals surface area contributed by atoms with E-state index in [4.69, 9.17) is 12.8 Å². The van der Waals surface area contributed by atoms with Gasteiger partial charge in [0.1, 0.15) is 0 Å². The Labute approximate surface area is 64.1 Å². The fourth-order valence-corrected chi connectivity index (χ4v) is 1.08. The first-order valence-corrected chi connectivity index (χ1v) is 3.46. The van der Waals surface area contributed by atoms with Gasteiger partial charge in [-0.15, -0.1) is 24.2 Å². The number of terminal acetylenes is 2. The van der Waals surface area contributed by atoms with Crippen LogP contribution < -0.4 is 0 Å². The van der Waals surface area contributed by atoms with E-state index in [-0.39, 0.29) is 0 Å². The summed E-state index contributed by atoms with van der Waals surface area (Å²) in [6, 6.07) is 0. The molecule has 0 aliphatic rings. The van der Waals surface area contributed by atoms with Crippen LogP contribution in [0.15, 0.2) is 5.38 Å². The van der Waals surface area contributed by atoms with E-state index in [1.807, 2.05) is 5.38 Å². The van der Waals surface area contributed by atoms with Crippen LogP contribution in [0.1, 0.15) is 10.7 Å². The minimum absolute atomic E-state index is 0.668. The molecule has 0 amide bonds. The second-order valence-electron chi connectivity index (χ2n) is 1.53. The summed E-state index contributed by atoms with van der Waals surface area (Å²) >= 11 is 1.42. The molecular formula is C8H4NS. The van der Waals surface area contributed by atoms with Crippen molar-refractivity contribution < 1.29 is 0 Å². The first-order chi connectivity index (χ1) is 4.86. The Morgan fingerprint density at radius 2 is 2.40 bits per heavy atom. The average molecular weight is 146 g/mol. The number of hydrogen-bond acceptors (Lipinski definition) is 2. The minimum atomic E-state index is 0.668. The molecule has 1 nitrogen and oxygen atoms in total. The molecule has 2 heteroatoms. The van der Waals surface area contributed by atoms with Crippen molar-refractivity contribution in [1.29, 1.82) is 0 Å². The van der Waals surface area contributed by atoms with Gasteiger partial charge >= 0.3 is 0 Å². The van der Waals surface area contributed by atoms with Crippen molar-refractivity contribution in [2.75, 3.05) is 0 Å². The third-order valence-corrected chi connectivity index (χ3v) is 1.67. The molecule has 0 bridgehead atoms. The van der Waals surface area contributed by atoms with E-state index < -0.39 is 0 Å². The standard InChI is InChI=1S/C8H4NS/c1-3-5-7-6-10-8(4-2)9-7/h1-2,5-6H. The smallest absolute Gasteiger partial charge is 0.166 e. The lowest BCUT2D eigenvalue weighted by molar-refractivity contribution is 1.29. The Balaban J connectivity index is 2.83. The van der Waals surface area contributed by atoms with E-state index in [0.29, 0.717) is 5.01 Å². The topological polar surface area (TPSA) is 12.9 Å². The lowest BCUT2D eigenvalue weighted by Crippen LogP contribution is -1.77. The van der Waals surface area contributed by atoms with Gasteiger partial charge in [0.2, 0.25) is 0 Å². The highest BCUT2D eigenvalue weighted by molar-refractivity contribution is 7.10. The number of aromatic nitrogens is 1. The molecule has 0 saturated carbocycles. The predicted octanol–water partition coefficient (Wildman–Crippen LogP) is 1.31. The molecule has 0 aliphatic heterocycles. The molecule has 0 unspecified atom stereocenters. The van der Waals surface area contributed by atoms with Gasteiger partial charge in [0.15, 0.2) is 5.01 Å². The van der Waals surface area contributed by atoms with E-state index in [9.17, 15) is 0 Å². The number of thiazole rings is 1. The third kappa shape index (κ3) is 1.37. The second kappa shape index (κ2) is 3.06. The quantitative estimate of drug-likeness (QED) is 0.544. The second-order valence-corrected chi connectivity index (χ2v) is 2.39. The molecule has 1 rings (SSSR count). The Bertz CT molecular complexity index is 298. The van der Waals surface area contributed by atoms with Crippen molar-refractivity contribution in [3.8, 4) is 24.7 Å². The monoisotopic (exact) mass is 146 g/mol. The van der Waals surface area contributed by atoms with Gasteiger partial charge in [0.05, 0.1) is 12.1 Å². The molecule has 0 aromatic carbocycles. The molecule has 1 aromatic heterocycles. The highest BCUT2D eigenvalue weighted by atomic mass is 32.1. The SMILES string of the molecule is C#C[CH]c1csc(C#C)n1. The van der Waals surface area contributed by atoms with E-state index in [1.165, 1.54) is 11.3 Å². The molecule has 0 spiro atoms. The summed E-state index contributed by atoms with van der Waals surface area (Å²) < 4.78 is 0. The summed E-state index contributed by atoms with van der Waals surface area (Å²) in [6.07, 6.45) is 11.7. The highest BCUT2D eigenvalue weighted by Gasteiger charge is 1.95. The van der Waals surface area contributed by atoms with Crippen molar-refractivity contribution in [2.45, 2.75) is 0 Å². The Morgan fingerprint density at radius 1 is 1.60 bits per heavy atom. The summed E-state index contributed by atoms with van der Waals surface area (Å²) in [5.74, 6) is 4.80. The lowest BCUT2D eigenvalue weighted by atomic mass is 10.4. The van der Waals surface area contributed by atoms with Crippen LogP contribution in [0.5, 0.6) is 0 Å². The maximum atomic E-state index is 5.09. The van der Waals surface area contributed by atoms with Crippen LogP contribution in [-0.2, 0) is 0 Å². The van der Waals surface area contributed by atoms with Gasteiger partial charge in [0, 0.05) is 5.38 Å². The molecule has 0 fully saturated rings. The Kier molecular flexibility index (Phi) is 2.10. The molecule has 47 valence electrons. The predicted molar refractivity (Wildman–Crippen MR) is 42.3 cm³/mol. The highest BCUT2D eigenvalue weighted by Crippen LogP contribution is 2.08. The van der Waals surface area contributed by atoms with E-state index in [1.54, 1.807) is 6.42 Å². The van der Waals surface area contributed by atoms with Gasteiger partial charge in [0.25, 0.3) is 0 Å². The fraction of sp³-hybridized carbons (Fsp3) is 0. The zero-order valence-electron chi connectivity index (χ0n) is 5.16. The molecule has 0 N–H and O–H groups in total.